The van der Waals surface area contributed by atoms with E-state index in [1.165, 1.54) is 19.3 Å². The molecule has 0 radical (unpaired) electrons. The van der Waals surface area contributed by atoms with Crippen molar-refractivity contribution in [3.05, 3.63) is 16.1 Å². The Morgan fingerprint density at radius 2 is 2.29 bits per heavy atom. The normalized spacial score (nSPS) is 16.4. The van der Waals surface area contributed by atoms with Crippen LogP contribution in [0.5, 0.6) is 0 Å². The Labute approximate surface area is 111 Å². The van der Waals surface area contributed by atoms with Crippen LogP contribution in [-0.2, 0) is 12.3 Å². The van der Waals surface area contributed by atoms with E-state index in [0.29, 0.717) is 11.9 Å². The van der Waals surface area contributed by atoms with Gasteiger partial charge in [0.05, 0.1) is 23.2 Å². The fraction of sp³-hybridized carbons (Fsp3) is 0.750. The third kappa shape index (κ3) is 3.65. The first-order valence-corrected chi connectivity index (χ1v) is 7.59. The van der Waals surface area contributed by atoms with Gasteiger partial charge in [-0.25, -0.2) is 4.98 Å². The van der Waals surface area contributed by atoms with Crippen molar-refractivity contribution >= 4 is 22.9 Å². The predicted octanol–water partition coefficient (Wildman–Crippen LogP) is 2.27. The summed E-state index contributed by atoms with van der Waals surface area (Å²) in [6, 6.07) is 0.689. The van der Waals surface area contributed by atoms with E-state index in [0.717, 1.165) is 30.2 Å². The van der Waals surface area contributed by atoms with Gasteiger partial charge < -0.3 is 5.11 Å². The average molecular weight is 275 g/mol. The lowest BCUT2D eigenvalue weighted by molar-refractivity contribution is 0.103. The van der Waals surface area contributed by atoms with Crippen molar-refractivity contribution < 1.29 is 5.11 Å². The lowest BCUT2D eigenvalue weighted by atomic mass is 9.91. The van der Waals surface area contributed by atoms with Crippen LogP contribution in [0.3, 0.4) is 0 Å². The molecule has 17 heavy (non-hydrogen) atoms. The highest BCUT2D eigenvalue weighted by atomic mass is 35.5. The molecule has 0 aliphatic heterocycles. The monoisotopic (exact) mass is 274 g/mol. The maximum atomic E-state index is 9.07. The molecule has 0 spiro atoms. The number of rotatable bonds is 7. The third-order valence-electron chi connectivity index (χ3n) is 3.33. The summed E-state index contributed by atoms with van der Waals surface area (Å²) in [4.78, 5) is 6.86. The summed E-state index contributed by atoms with van der Waals surface area (Å²) in [6.07, 6.45) is 4.87. The van der Waals surface area contributed by atoms with E-state index in [1.807, 2.05) is 5.38 Å². The van der Waals surface area contributed by atoms with Gasteiger partial charge in [-0.1, -0.05) is 6.42 Å². The molecule has 1 saturated carbocycles. The molecule has 0 unspecified atom stereocenters. The second kappa shape index (κ2) is 6.69. The number of thiazole rings is 1. The van der Waals surface area contributed by atoms with Gasteiger partial charge in [0.25, 0.3) is 0 Å². The molecule has 3 nitrogen and oxygen atoms in total. The Morgan fingerprint density at radius 1 is 1.47 bits per heavy atom. The van der Waals surface area contributed by atoms with Crippen molar-refractivity contribution in [3.8, 4) is 0 Å². The number of nitrogens with zero attached hydrogens (tertiary/aromatic N) is 2. The van der Waals surface area contributed by atoms with Gasteiger partial charge in [-0.2, -0.15) is 0 Å². The molecule has 1 aromatic rings. The van der Waals surface area contributed by atoms with Crippen molar-refractivity contribution in [1.82, 2.24) is 9.88 Å². The minimum absolute atomic E-state index is 0.251. The van der Waals surface area contributed by atoms with Crippen molar-refractivity contribution in [2.75, 3.05) is 19.7 Å². The molecular weight excluding hydrogens is 256 g/mol. The summed E-state index contributed by atoms with van der Waals surface area (Å²) < 4.78 is 0. The van der Waals surface area contributed by atoms with Gasteiger partial charge in [-0.3, -0.25) is 4.90 Å². The largest absolute Gasteiger partial charge is 0.395 e. The van der Waals surface area contributed by atoms with Crippen LogP contribution in [0.2, 0.25) is 0 Å². The van der Waals surface area contributed by atoms with Crippen LogP contribution in [-0.4, -0.2) is 40.7 Å². The molecule has 0 saturated heterocycles. The Kier molecular flexibility index (Phi) is 5.22. The highest BCUT2D eigenvalue weighted by Crippen LogP contribution is 2.25. The van der Waals surface area contributed by atoms with Crippen LogP contribution in [0.25, 0.3) is 0 Å². The molecule has 96 valence electrons. The van der Waals surface area contributed by atoms with Gasteiger partial charge in [0.2, 0.25) is 0 Å². The van der Waals surface area contributed by atoms with E-state index in [9.17, 15) is 0 Å². The minimum Gasteiger partial charge on any atom is -0.395 e. The zero-order chi connectivity index (χ0) is 12.1. The van der Waals surface area contributed by atoms with Crippen molar-refractivity contribution in [3.63, 3.8) is 0 Å². The molecule has 1 aliphatic rings. The van der Waals surface area contributed by atoms with Crippen LogP contribution >= 0.6 is 22.9 Å². The SMILES string of the molecule is OCCN(CCc1nc(CCl)cs1)C1CCC1. The van der Waals surface area contributed by atoms with E-state index in [1.54, 1.807) is 11.3 Å². The van der Waals surface area contributed by atoms with Crippen molar-refractivity contribution in [2.24, 2.45) is 0 Å². The summed E-state index contributed by atoms with van der Waals surface area (Å²) in [7, 11) is 0. The fourth-order valence-corrected chi connectivity index (χ4v) is 3.14. The Balaban J connectivity index is 1.81. The molecule has 5 heteroatoms. The topological polar surface area (TPSA) is 36.4 Å². The quantitative estimate of drug-likeness (QED) is 0.775. The summed E-state index contributed by atoms with van der Waals surface area (Å²) in [5.41, 5.74) is 0.976. The lowest BCUT2D eigenvalue weighted by Crippen LogP contribution is -2.42. The fourth-order valence-electron chi connectivity index (χ4n) is 2.12. The van der Waals surface area contributed by atoms with Crippen molar-refractivity contribution in [2.45, 2.75) is 37.6 Å². The second-order valence-electron chi connectivity index (χ2n) is 4.46. The first-order valence-electron chi connectivity index (χ1n) is 6.17. The molecule has 1 fully saturated rings. The molecule has 1 N–H and O–H groups in total. The Hall–Kier alpha value is -0.160. The van der Waals surface area contributed by atoms with Crippen LogP contribution in [0.1, 0.15) is 30.0 Å². The molecule has 2 rings (SSSR count). The third-order valence-corrected chi connectivity index (χ3v) is 4.56. The first-order chi connectivity index (χ1) is 8.33. The minimum atomic E-state index is 0.251. The number of aromatic nitrogens is 1. The lowest BCUT2D eigenvalue weighted by Gasteiger charge is -2.37. The van der Waals surface area contributed by atoms with Gasteiger partial charge in [0.15, 0.2) is 0 Å². The summed E-state index contributed by atoms with van der Waals surface area (Å²) >= 11 is 7.42. The van der Waals surface area contributed by atoms with E-state index in [-0.39, 0.29) is 6.61 Å². The Morgan fingerprint density at radius 3 is 2.82 bits per heavy atom. The molecular formula is C12H19ClN2OS. The van der Waals surface area contributed by atoms with Gasteiger partial charge >= 0.3 is 0 Å². The molecule has 0 bridgehead atoms. The molecule has 0 amide bonds. The van der Waals surface area contributed by atoms with E-state index < -0.39 is 0 Å². The maximum absolute atomic E-state index is 9.07. The smallest absolute Gasteiger partial charge is 0.0941 e. The summed E-state index contributed by atoms with van der Waals surface area (Å²) in [5, 5.41) is 12.3. The van der Waals surface area contributed by atoms with Crippen LogP contribution in [0.4, 0.5) is 0 Å². The predicted molar refractivity (Wildman–Crippen MR) is 71.7 cm³/mol. The standard InChI is InChI=1S/C12H19ClN2OS/c13-8-10-9-17-12(14-10)4-5-15(6-7-16)11-2-1-3-11/h9,11,16H,1-8H2. The number of hydrogen-bond donors (Lipinski definition) is 1. The number of alkyl halides is 1. The molecule has 1 aromatic heterocycles. The van der Waals surface area contributed by atoms with E-state index in [2.05, 4.69) is 9.88 Å². The Bertz CT molecular complexity index is 341. The number of halogens is 1. The summed E-state index contributed by atoms with van der Waals surface area (Å²) in [5.74, 6) is 0.499. The molecule has 0 atom stereocenters. The molecule has 1 aliphatic carbocycles. The zero-order valence-electron chi connectivity index (χ0n) is 9.94. The highest BCUT2D eigenvalue weighted by molar-refractivity contribution is 7.09. The molecule has 0 aromatic carbocycles. The van der Waals surface area contributed by atoms with Gasteiger partial charge in [0.1, 0.15) is 0 Å². The molecule has 1 heterocycles. The van der Waals surface area contributed by atoms with E-state index in [4.69, 9.17) is 16.7 Å². The second-order valence-corrected chi connectivity index (χ2v) is 5.67. The number of hydrogen-bond acceptors (Lipinski definition) is 4. The number of aliphatic hydroxyl groups is 1. The van der Waals surface area contributed by atoms with Crippen LogP contribution < -0.4 is 0 Å². The van der Waals surface area contributed by atoms with E-state index >= 15 is 0 Å². The van der Waals surface area contributed by atoms with Crippen LogP contribution in [0.15, 0.2) is 5.38 Å². The van der Waals surface area contributed by atoms with Crippen molar-refractivity contribution in [1.29, 1.82) is 0 Å². The van der Waals surface area contributed by atoms with Crippen LogP contribution in [0, 0.1) is 0 Å². The van der Waals surface area contributed by atoms with Gasteiger partial charge in [0, 0.05) is 30.9 Å². The highest BCUT2D eigenvalue weighted by Gasteiger charge is 2.24. The summed E-state index contributed by atoms with van der Waals surface area (Å²) in [6.45, 7) is 2.04. The first kappa shape index (κ1) is 13.3. The van der Waals surface area contributed by atoms with Gasteiger partial charge in [-0.05, 0) is 12.8 Å². The van der Waals surface area contributed by atoms with Gasteiger partial charge in [-0.15, -0.1) is 22.9 Å². The average Bonchev–Trinajstić information content (AvgIpc) is 2.71. The zero-order valence-corrected chi connectivity index (χ0v) is 11.5. The number of aliphatic hydroxyl groups excluding tert-OH is 1. The maximum Gasteiger partial charge on any atom is 0.0941 e.